The Balaban J connectivity index is 1.47. The number of alkyl halides is 3. The first-order valence-electron chi connectivity index (χ1n) is 9.78. The fourth-order valence-electron chi connectivity index (χ4n) is 2.86. The summed E-state index contributed by atoms with van der Waals surface area (Å²) in [6, 6.07) is 11.1. The van der Waals surface area contributed by atoms with Gasteiger partial charge in [0, 0.05) is 11.1 Å². The van der Waals surface area contributed by atoms with Crippen LogP contribution in [0.1, 0.15) is 35.7 Å². The maximum Gasteiger partial charge on any atom is 0.416 e. The summed E-state index contributed by atoms with van der Waals surface area (Å²) in [4.78, 5) is 17.5. The molecule has 170 valence electrons. The van der Waals surface area contributed by atoms with Crippen LogP contribution in [0.2, 0.25) is 0 Å². The number of carbonyl (C=O) groups excluding carboxylic acids is 1. The minimum atomic E-state index is -4.42. The molecule has 4 aromatic rings. The van der Waals surface area contributed by atoms with E-state index in [2.05, 4.69) is 25.6 Å². The number of rotatable bonds is 6. The molecule has 2 aromatic heterocycles. The first-order valence-corrected chi connectivity index (χ1v) is 9.78. The summed E-state index contributed by atoms with van der Waals surface area (Å²) in [5.41, 5.74) is 0.525. The van der Waals surface area contributed by atoms with Crippen LogP contribution in [0, 0.1) is 0 Å². The van der Waals surface area contributed by atoms with Gasteiger partial charge in [0.2, 0.25) is 11.6 Å². The smallest absolute Gasteiger partial charge is 0.416 e. The van der Waals surface area contributed by atoms with E-state index in [1.165, 1.54) is 16.9 Å². The number of hydrogen-bond acceptors (Lipinski definition) is 8. The van der Waals surface area contributed by atoms with Crippen molar-refractivity contribution >= 4 is 5.97 Å². The molecule has 9 nitrogen and oxygen atoms in total. The van der Waals surface area contributed by atoms with Crippen molar-refractivity contribution in [3.8, 4) is 22.8 Å². The number of tetrazole rings is 1. The highest BCUT2D eigenvalue weighted by Crippen LogP contribution is 2.30. The van der Waals surface area contributed by atoms with Crippen molar-refractivity contribution in [3.63, 3.8) is 0 Å². The number of halogens is 3. The predicted molar refractivity (Wildman–Crippen MR) is 108 cm³/mol. The van der Waals surface area contributed by atoms with Crippen LogP contribution >= 0.6 is 0 Å². The van der Waals surface area contributed by atoms with Crippen LogP contribution in [0.5, 0.6) is 0 Å². The molecule has 0 bridgehead atoms. The Morgan fingerprint density at radius 3 is 2.55 bits per heavy atom. The average Bonchev–Trinajstić information content (AvgIpc) is 3.43. The van der Waals surface area contributed by atoms with E-state index in [1.54, 1.807) is 38.1 Å². The van der Waals surface area contributed by atoms with Gasteiger partial charge in [-0.2, -0.15) is 23.0 Å². The molecule has 2 heterocycles. The van der Waals surface area contributed by atoms with Gasteiger partial charge in [-0.05, 0) is 43.3 Å². The number of hydrogen-bond donors (Lipinski definition) is 0. The van der Waals surface area contributed by atoms with Gasteiger partial charge in [-0.15, -0.1) is 10.2 Å². The first-order chi connectivity index (χ1) is 15.7. The summed E-state index contributed by atoms with van der Waals surface area (Å²) in [5.74, 6) is 0.0936. The number of aromatic nitrogens is 6. The van der Waals surface area contributed by atoms with E-state index < -0.39 is 17.7 Å². The maximum atomic E-state index is 12.7. The second-order valence-electron chi connectivity index (χ2n) is 7.27. The molecule has 2 aromatic carbocycles. The number of carbonyl (C=O) groups is 1. The molecule has 0 fully saturated rings. The predicted octanol–water partition coefficient (Wildman–Crippen LogP) is 4.02. The molecule has 0 saturated carbocycles. The lowest BCUT2D eigenvalue weighted by atomic mass is 10.1. The summed E-state index contributed by atoms with van der Waals surface area (Å²) in [6.07, 6.45) is -4.67. The van der Waals surface area contributed by atoms with E-state index in [0.717, 1.165) is 12.1 Å². The molecular formula is C21H17F3N6O3. The van der Waals surface area contributed by atoms with Gasteiger partial charge in [-0.1, -0.05) is 29.4 Å². The van der Waals surface area contributed by atoms with Crippen molar-refractivity contribution in [2.75, 3.05) is 0 Å². The van der Waals surface area contributed by atoms with Crippen LogP contribution in [0.25, 0.3) is 22.8 Å². The van der Waals surface area contributed by atoms with E-state index >= 15 is 0 Å². The number of esters is 1. The van der Waals surface area contributed by atoms with Gasteiger partial charge in [0.15, 0.2) is 0 Å². The van der Waals surface area contributed by atoms with Crippen LogP contribution in [-0.2, 0) is 17.5 Å². The van der Waals surface area contributed by atoms with E-state index in [0.29, 0.717) is 16.7 Å². The summed E-state index contributed by atoms with van der Waals surface area (Å²) in [7, 11) is 0. The molecular weight excluding hydrogens is 441 g/mol. The molecule has 0 radical (unpaired) electrons. The van der Waals surface area contributed by atoms with Gasteiger partial charge in [-0.3, -0.25) is 0 Å². The Labute approximate surface area is 185 Å². The second kappa shape index (κ2) is 8.81. The van der Waals surface area contributed by atoms with Crippen LogP contribution < -0.4 is 0 Å². The number of nitrogens with zero attached hydrogens (tertiary/aromatic N) is 6. The SMILES string of the molecule is CC(C)OC(=O)c1cccc(-c2nnn(Cc3nc(-c4ccc(C(F)(F)F)cc4)no3)n2)c1. The molecule has 0 N–H and O–H groups in total. The molecule has 4 rings (SSSR count). The van der Waals surface area contributed by atoms with Crippen molar-refractivity contribution in [2.24, 2.45) is 0 Å². The fraction of sp³-hybridized carbons (Fsp3) is 0.238. The Bertz CT molecular complexity index is 1260. The van der Waals surface area contributed by atoms with Crippen molar-refractivity contribution in [1.82, 2.24) is 30.3 Å². The summed E-state index contributed by atoms with van der Waals surface area (Å²) >= 11 is 0. The first kappa shape index (κ1) is 22.1. The van der Waals surface area contributed by atoms with Crippen molar-refractivity contribution in [2.45, 2.75) is 32.7 Å². The minimum Gasteiger partial charge on any atom is -0.459 e. The molecule has 0 aliphatic heterocycles. The Hall–Kier alpha value is -4.09. The highest BCUT2D eigenvalue weighted by Gasteiger charge is 2.30. The zero-order chi connectivity index (χ0) is 23.6. The van der Waals surface area contributed by atoms with Crippen molar-refractivity contribution in [3.05, 3.63) is 65.5 Å². The number of benzene rings is 2. The molecule has 0 spiro atoms. The highest BCUT2D eigenvalue weighted by molar-refractivity contribution is 5.90. The maximum absolute atomic E-state index is 12.7. The zero-order valence-corrected chi connectivity index (χ0v) is 17.4. The topological polar surface area (TPSA) is 109 Å². The van der Waals surface area contributed by atoms with Gasteiger partial charge >= 0.3 is 12.1 Å². The van der Waals surface area contributed by atoms with E-state index in [1.807, 2.05) is 0 Å². The highest BCUT2D eigenvalue weighted by atomic mass is 19.4. The monoisotopic (exact) mass is 458 g/mol. The molecule has 0 amide bonds. The minimum absolute atomic E-state index is 0.00425. The summed E-state index contributed by atoms with van der Waals surface area (Å²) in [6.45, 7) is 3.51. The van der Waals surface area contributed by atoms with Crippen LogP contribution in [-0.4, -0.2) is 42.4 Å². The Morgan fingerprint density at radius 2 is 1.85 bits per heavy atom. The van der Waals surface area contributed by atoms with Crippen LogP contribution in [0.15, 0.2) is 53.1 Å². The third-order valence-electron chi connectivity index (χ3n) is 4.37. The standard InChI is InChI=1S/C21H17F3N6O3/c1-12(2)32-20(31)15-5-3-4-14(10-15)19-26-29-30(27-19)11-17-25-18(28-33-17)13-6-8-16(9-7-13)21(22,23)24/h3-10,12H,11H2,1-2H3. The van der Waals surface area contributed by atoms with Gasteiger partial charge in [0.25, 0.3) is 5.89 Å². The largest absolute Gasteiger partial charge is 0.459 e. The lowest BCUT2D eigenvalue weighted by Crippen LogP contribution is -2.11. The average molecular weight is 458 g/mol. The van der Waals surface area contributed by atoms with Gasteiger partial charge in [-0.25, -0.2) is 4.79 Å². The molecule has 33 heavy (non-hydrogen) atoms. The van der Waals surface area contributed by atoms with Crippen molar-refractivity contribution in [1.29, 1.82) is 0 Å². The Kier molecular flexibility index (Phi) is 5.90. The van der Waals surface area contributed by atoms with E-state index in [9.17, 15) is 18.0 Å². The fourth-order valence-corrected chi connectivity index (χ4v) is 2.86. The lowest BCUT2D eigenvalue weighted by Gasteiger charge is -2.08. The zero-order valence-electron chi connectivity index (χ0n) is 17.4. The molecule has 0 saturated heterocycles. The Morgan fingerprint density at radius 1 is 1.09 bits per heavy atom. The van der Waals surface area contributed by atoms with E-state index in [4.69, 9.17) is 9.26 Å². The number of ether oxygens (including phenoxy) is 1. The van der Waals surface area contributed by atoms with Gasteiger partial charge in [0.05, 0.1) is 17.2 Å². The quantitative estimate of drug-likeness (QED) is 0.399. The molecule has 0 unspecified atom stereocenters. The van der Waals surface area contributed by atoms with Crippen LogP contribution in [0.3, 0.4) is 0 Å². The summed E-state index contributed by atoms with van der Waals surface area (Å²) in [5, 5.41) is 15.9. The third-order valence-corrected chi connectivity index (χ3v) is 4.37. The normalized spacial score (nSPS) is 11.7. The molecule has 0 aliphatic carbocycles. The van der Waals surface area contributed by atoms with Crippen LogP contribution in [0.4, 0.5) is 13.2 Å². The van der Waals surface area contributed by atoms with E-state index in [-0.39, 0.29) is 30.2 Å². The van der Waals surface area contributed by atoms with Gasteiger partial charge < -0.3 is 9.26 Å². The van der Waals surface area contributed by atoms with Crippen molar-refractivity contribution < 1.29 is 27.2 Å². The molecule has 0 atom stereocenters. The third kappa shape index (κ3) is 5.22. The molecule has 0 aliphatic rings. The molecule has 12 heteroatoms. The summed E-state index contributed by atoms with van der Waals surface area (Å²) < 4.78 is 48.5. The second-order valence-corrected chi connectivity index (χ2v) is 7.27. The van der Waals surface area contributed by atoms with Gasteiger partial charge in [0.1, 0.15) is 6.54 Å². The lowest BCUT2D eigenvalue weighted by molar-refractivity contribution is -0.137.